The number of benzene rings is 1. The lowest BCUT2D eigenvalue weighted by Gasteiger charge is -2.27. The van der Waals surface area contributed by atoms with E-state index >= 15 is 0 Å². The van der Waals surface area contributed by atoms with Gasteiger partial charge in [-0.2, -0.15) is 0 Å². The molecular weight excluding hydrogens is 360 g/mol. The number of urea groups is 1. The number of thioether (sulfide) groups is 1. The second-order valence-electron chi connectivity index (χ2n) is 6.61. The zero-order valence-electron chi connectivity index (χ0n) is 15.5. The van der Waals surface area contributed by atoms with E-state index in [0.717, 1.165) is 6.07 Å². The number of nitrogens with zero attached hydrogens (tertiary/aromatic N) is 2. The first-order valence-corrected chi connectivity index (χ1v) is 9.61. The molecule has 2 rings (SSSR count). The fourth-order valence-electron chi connectivity index (χ4n) is 2.75. The van der Waals surface area contributed by atoms with E-state index in [1.165, 1.54) is 28.8 Å². The molecular formula is C18H25F2N3O2S. The summed E-state index contributed by atoms with van der Waals surface area (Å²) >= 11 is 1.37. The highest BCUT2D eigenvalue weighted by atomic mass is 32.2. The summed E-state index contributed by atoms with van der Waals surface area (Å²) in [6.07, 6.45) is 0.628. The Morgan fingerprint density at radius 3 is 2.65 bits per heavy atom. The van der Waals surface area contributed by atoms with Gasteiger partial charge in [0.25, 0.3) is 0 Å². The second-order valence-corrected chi connectivity index (χ2v) is 7.90. The molecule has 144 valence electrons. The third kappa shape index (κ3) is 4.66. The summed E-state index contributed by atoms with van der Waals surface area (Å²) < 4.78 is 27.5. The number of carbonyl (C=O) groups excluding carboxylic acids is 2. The maximum absolute atomic E-state index is 14.2. The first-order valence-electron chi connectivity index (χ1n) is 8.67. The van der Waals surface area contributed by atoms with Crippen LogP contribution in [0, 0.1) is 11.6 Å². The molecule has 1 aliphatic rings. The molecule has 1 aliphatic heterocycles. The molecule has 1 aromatic rings. The number of amides is 3. The SMILES string of the molecule is CC[C@H]1S[C@@H](c2ccc(F)cc2F)N(CCN(C)C(=O)NC(C)C)C1=O. The summed E-state index contributed by atoms with van der Waals surface area (Å²) in [5, 5.41) is 2.00. The molecule has 8 heteroatoms. The Morgan fingerprint density at radius 1 is 1.38 bits per heavy atom. The Bertz CT molecular complexity index is 672. The van der Waals surface area contributed by atoms with E-state index in [0.29, 0.717) is 13.0 Å². The zero-order valence-corrected chi connectivity index (χ0v) is 16.3. The summed E-state index contributed by atoms with van der Waals surface area (Å²) in [7, 11) is 1.65. The van der Waals surface area contributed by atoms with Crippen LogP contribution in [-0.4, -0.2) is 53.2 Å². The van der Waals surface area contributed by atoms with Crippen LogP contribution in [0.25, 0.3) is 0 Å². The van der Waals surface area contributed by atoms with Gasteiger partial charge in [0.1, 0.15) is 17.0 Å². The predicted molar refractivity (Wildman–Crippen MR) is 98.8 cm³/mol. The molecule has 3 amide bonds. The minimum atomic E-state index is -0.664. The number of nitrogens with one attached hydrogen (secondary N) is 1. The summed E-state index contributed by atoms with van der Waals surface area (Å²) in [5.41, 5.74) is 0.287. The van der Waals surface area contributed by atoms with Crippen LogP contribution in [0.2, 0.25) is 0 Å². The molecule has 0 bridgehead atoms. The lowest BCUT2D eigenvalue weighted by molar-refractivity contribution is -0.130. The molecule has 1 N–H and O–H groups in total. The van der Waals surface area contributed by atoms with Crippen molar-refractivity contribution in [3.05, 3.63) is 35.4 Å². The minimum absolute atomic E-state index is 0.0134. The van der Waals surface area contributed by atoms with E-state index in [1.807, 2.05) is 20.8 Å². The van der Waals surface area contributed by atoms with Crippen LogP contribution in [0.4, 0.5) is 13.6 Å². The molecule has 1 fully saturated rings. The molecule has 0 unspecified atom stereocenters. The minimum Gasteiger partial charge on any atom is -0.336 e. The van der Waals surface area contributed by atoms with Crippen molar-refractivity contribution in [2.45, 2.75) is 43.9 Å². The van der Waals surface area contributed by atoms with Gasteiger partial charge in [-0.25, -0.2) is 13.6 Å². The molecule has 1 aromatic carbocycles. The van der Waals surface area contributed by atoms with Gasteiger partial charge in [-0.15, -0.1) is 11.8 Å². The van der Waals surface area contributed by atoms with E-state index in [4.69, 9.17) is 0 Å². The van der Waals surface area contributed by atoms with E-state index < -0.39 is 17.0 Å². The number of hydrogen-bond acceptors (Lipinski definition) is 3. The van der Waals surface area contributed by atoms with Gasteiger partial charge in [0.2, 0.25) is 5.91 Å². The van der Waals surface area contributed by atoms with Crippen molar-refractivity contribution in [1.82, 2.24) is 15.1 Å². The molecule has 1 saturated heterocycles. The first kappa shape index (κ1) is 20.5. The topological polar surface area (TPSA) is 52.6 Å². The fraction of sp³-hybridized carbons (Fsp3) is 0.556. The van der Waals surface area contributed by atoms with Gasteiger partial charge in [-0.05, 0) is 26.3 Å². The van der Waals surface area contributed by atoms with Crippen LogP contribution < -0.4 is 5.32 Å². The molecule has 26 heavy (non-hydrogen) atoms. The van der Waals surface area contributed by atoms with Gasteiger partial charge in [0.15, 0.2) is 0 Å². The normalized spacial score (nSPS) is 20.0. The summed E-state index contributed by atoms with van der Waals surface area (Å²) in [6.45, 7) is 6.24. The molecule has 0 radical (unpaired) electrons. The van der Waals surface area contributed by atoms with Crippen LogP contribution in [0.1, 0.15) is 38.1 Å². The van der Waals surface area contributed by atoms with Crippen molar-refractivity contribution < 1.29 is 18.4 Å². The van der Waals surface area contributed by atoms with Crippen LogP contribution in [0.5, 0.6) is 0 Å². The van der Waals surface area contributed by atoms with Crippen molar-refractivity contribution >= 4 is 23.7 Å². The third-order valence-electron chi connectivity index (χ3n) is 4.17. The van der Waals surface area contributed by atoms with Crippen molar-refractivity contribution in [3.8, 4) is 0 Å². The average Bonchev–Trinajstić information content (AvgIpc) is 2.87. The highest BCUT2D eigenvalue weighted by Crippen LogP contribution is 2.44. The zero-order chi connectivity index (χ0) is 19.4. The average molecular weight is 385 g/mol. The largest absolute Gasteiger partial charge is 0.336 e. The maximum atomic E-state index is 14.2. The summed E-state index contributed by atoms with van der Waals surface area (Å²) in [5.74, 6) is -1.39. The van der Waals surface area contributed by atoms with Crippen LogP contribution >= 0.6 is 11.8 Å². The highest BCUT2D eigenvalue weighted by molar-refractivity contribution is 8.01. The van der Waals surface area contributed by atoms with E-state index in [1.54, 1.807) is 11.9 Å². The Morgan fingerprint density at radius 2 is 2.08 bits per heavy atom. The Hall–Kier alpha value is -1.83. The van der Waals surface area contributed by atoms with Gasteiger partial charge in [0, 0.05) is 37.8 Å². The summed E-state index contributed by atoms with van der Waals surface area (Å²) in [4.78, 5) is 27.7. The molecule has 2 atom stereocenters. The van der Waals surface area contributed by atoms with Crippen LogP contribution in [0.15, 0.2) is 18.2 Å². The van der Waals surface area contributed by atoms with Crippen molar-refractivity contribution in [3.63, 3.8) is 0 Å². The lowest BCUT2D eigenvalue weighted by atomic mass is 10.1. The van der Waals surface area contributed by atoms with Gasteiger partial charge in [0.05, 0.1) is 5.25 Å². The monoisotopic (exact) mass is 385 g/mol. The van der Waals surface area contributed by atoms with E-state index in [2.05, 4.69) is 5.32 Å². The van der Waals surface area contributed by atoms with Crippen LogP contribution in [-0.2, 0) is 4.79 Å². The maximum Gasteiger partial charge on any atom is 0.317 e. The molecule has 5 nitrogen and oxygen atoms in total. The Balaban J connectivity index is 2.14. The third-order valence-corrected chi connectivity index (χ3v) is 5.80. The number of halogens is 2. The smallest absolute Gasteiger partial charge is 0.317 e. The summed E-state index contributed by atoms with van der Waals surface area (Å²) in [6, 6.07) is 3.20. The highest BCUT2D eigenvalue weighted by Gasteiger charge is 2.41. The van der Waals surface area contributed by atoms with Crippen molar-refractivity contribution in [1.29, 1.82) is 0 Å². The molecule has 1 heterocycles. The Labute approximate surface area is 157 Å². The number of rotatable bonds is 6. The second kappa shape index (κ2) is 8.70. The fourth-order valence-corrected chi connectivity index (χ4v) is 4.19. The number of hydrogen-bond donors (Lipinski definition) is 1. The standard InChI is InChI=1S/C18H25F2N3O2S/c1-5-15-16(24)23(9-8-22(4)18(25)21-11(2)3)17(26-15)13-7-6-12(19)10-14(13)20/h6-7,10-11,15,17H,5,8-9H2,1-4H3,(H,21,25)/t15-,17+/m1/s1. The quantitative estimate of drug-likeness (QED) is 0.817. The Kier molecular flexibility index (Phi) is 6.86. The molecule has 0 aromatic heterocycles. The van der Waals surface area contributed by atoms with Crippen molar-refractivity contribution in [2.24, 2.45) is 0 Å². The number of likely N-dealkylation sites (N-methyl/N-ethyl adjacent to an activating group) is 1. The predicted octanol–water partition coefficient (Wildman–Crippen LogP) is 3.37. The molecule has 0 spiro atoms. The van der Waals surface area contributed by atoms with Gasteiger partial charge < -0.3 is 15.1 Å². The number of carbonyl (C=O) groups is 2. The van der Waals surface area contributed by atoms with Crippen molar-refractivity contribution in [2.75, 3.05) is 20.1 Å². The van der Waals surface area contributed by atoms with Gasteiger partial charge in [-0.1, -0.05) is 13.0 Å². The molecule has 0 saturated carbocycles. The van der Waals surface area contributed by atoms with E-state index in [-0.39, 0.29) is 35.3 Å². The first-order chi connectivity index (χ1) is 12.2. The van der Waals surface area contributed by atoms with Gasteiger partial charge >= 0.3 is 6.03 Å². The van der Waals surface area contributed by atoms with Gasteiger partial charge in [-0.3, -0.25) is 4.79 Å². The lowest BCUT2D eigenvalue weighted by Crippen LogP contribution is -2.44. The molecule has 0 aliphatic carbocycles. The van der Waals surface area contributed by atoms with Crippen LogP contribution in [0.3, 0.4) is 0 Å². The van der Waals surface area contributed by atoms with E-state index in [9.17, 15) is 18.4 Å².